The van der Waals surface area contributed by atoms with Crippen molar-refractivity contribution in [1.82, 2.24) is 5.32 Å². The molecule has 1 atom stereocenters. The van der Waals surface area contributed by atoms with Gasteiger partial charge in [0.2, 0.25) is 0 Å². The van der Waals surface area contributed by atoms with Crippen LogP contribution in [0.25, 0.3) is 0 Å². The molecule has 25 heavy (non-hydrogen) atoms. The molecule has 0 aromatic heterocycles. The fraction of sp³-hybridized carbons (Fsp3) is 0.316. The van der Waals surface area contributed by atoms with Gasteiger partial charge in [-0.05, 0) is 37.5 Å². The second kappa shape index (κ2) is 9.01. The number of alkyl halides is 2. The van der Waals surface area contributed by atoms with Gasteiger partial charge in [0.25, 0.3) is 5.91 Å². The van der Waals surface area contributed by atoms with Gasteiger partial charge in [0.1, 0.15) is 0 Å². The van der Waals surface area contributed by atoms with Crippen LogP contribution in [0.15, 0.2) is 48.5 Å². The van der Waals surface area contributed by atoms with E-state index in [1.54, 1.807) is 6.07 Å². The SMILES string of the molecule is COc1cccc(C(=O)NC(C)CCc2ccccc2)c1OC(F)F. The van der Waals surface area contributed by atoms with E-state index in [4.69, 9.17) is 4.74 Å². The third-order valence-corrected chi connectivity index (χ3v) is 3.74. The van der Waals surface area contributed by atoms with Crippen LogP contribution in [0.2, 0.25) is 0 Å². The molecule has 0 aliphatic rings. The maximum Gasteiger partial charge on any atom is 0.387 e. The van der Waals surface area contributed by atoms with E-state index in [1.807, 2.05) is 37.3 Å². The molecule has 2 rings (SSSR count). The van der Waals surface area contributed by atoms with Crippen LogP contribution >= 0.6 is 0 Å². The predicted octanol–water partition coefficient (Wildman–Crippen LogP) is 4.05. The smallest absolute Gasteiger partial charge is 0.387 e. The van der Waals surface area contributed by atoms with Gasteiger partial charge < -0.3 is 14.8 Å². The highest BCUT2D eigenvalue weighted by Gasteiger charge is 2.21. The number of halogens is 2. The second-order valence-electron chi connectivity index (χ2n) is 5.61. The van der Waals surface area contributed by atoms with Crippen molar-refractivity contribution in [2.24, 2.45) is 0 Å². The number of rotatable bonds is 8. The molecule has 4 nitrogen and oxygen atoms in total. The lowest BCUT2D eigenvalue weighted by Crippen LogP contribution is -2.33. The first-order valence-corrected chi connectivity index (χ1v) is 7.98. The van der Waals surface area contributed by atoms with E-state index in [2.05, 4.69) is 10.1 Å². The van der Waals surface area contributed by atoms with Crippen LogP contribution in [-0.4, -0.2) is 25.7 Å². The van der Waals surface area contributed by atoms with Crippen LogP contribution < -0.4 is 14.8 Å². The van der Waals surface area contributed by atoms with Gasteiger partial charge in [-0.1, -0.05) is 36.4 Å². The normalized spacial score (nSPS) is 11.9. The Hall–Kier alpha value is -2.63. The minimum Gasteiger partial charge on any atom is -0.493 e. The fourth-order valence-electron chi connectivity index (χ4n) is 2.47. The van der Waals surface area contributed by atoms with Gasteiger partial charge >= 0.3 is 6.61 Å². The molecule has 1 amide bonds. The van der Waals surface area contributed by atoms with Crippen LogP contribution in [0, 0.1) is 0 Å². The average Bonchev–Trinajstić information content (AvgIpc) is 2.60. The summed E-state index contributed by atoms with van der Waals surface area (Å²) < 4.78 is 34.8. The number of carbonyl (C=O) groups excluding carboxylic acids is 1. The number of nitrogens with one attached hydrogen (secondary N) is 1. The maximum absolute atomic E-state index is 12.6. The molecule has 0 fully saturated rings. The molecular formula is C19H21F2NO3. The van der Waals surface area contributed by atoms with Gasteiger partial charge in [0.05, 0.1) is 12.7 Å². The lowest BCUT2D eigenvalue weighted by Gasteiger charge is -2.17. The molecule has 2 aromatic carbocycles. The van der Waals surface area contributed by atoms with Crippen molar-refractivity contribution in [2.75, 3.05) is 7.11 Å². The Kier molecular flexibility index (Phi) is 6.74. The van der Waals surface area contributed by atoms with Gasteiger partial charge in [-0.25, -0.2) is 0 Å². The van der Waals surface area contributed by atoms with E-state index in [1.165, 1.54) is 24.8 Å². The van der Waals surface area contributed by atoms with Crippen molar-refractivity contribution in [3.8, 4) is 11.5 Å². The Balaban J connectivity index is 2.04. The summed E-state index contributed by atoms with van der Waals surface area (Å²) in [5, 5.41) is 2.81. The molecule has 1 unspecified atom stereocenters. The Morgan fingerprint density at radius 2 is 1.84 bits per heavy atom. The van der Waals surface area contributed by atoms with Crippen LogP contribution in [0.1, 0.15) is 29.3 Å². The first kappa shape index (κ1) is 18.7. The van der Waals surface area contributed by atoms with E-state index < -0.39 is 12.5 Å². The Morgan fingerprint density at radius 1 is 1.12 bits per heavy atom. The third-order valence-electron chi connectivity index (χ3n) is 3.74. The predicted molar refractivity (Wildman–Crippen MR) is 91.3 cm³/mol. The average molecular weight is 349 g/mol. The summed E-state index contributed by atoms with van der Waals surface area (Å²) in [7, 11) is 1.33. The van der Waals surface area contributed by atoms with E-state index in [0.717, 1.165) is 12.8 Å². The molecule has 0 aliphatic heterocycles. The van der Waals surface area contributed by atoms with Crippen LogP contribution in [0.3, 0.4) is 0 Å². The van der Waals surface area contributed by atoms with Crippen molar-refractivity contribution in [2.45, 2.75) is 32.4 Å². The highest BCUT2D eigenvalue weighted by atomic mass is 19.3. The highest BCUT2D eigenvalue weighted by Crippen LogP contribution is 2.32. The Bertz CT molecular complexity index is 692. The molecule has 1 N–H and O–H groups in total. The van der Waals surface area contributed by atoms with Gasteiger partial charge in [-0.2, -0.15) is 8.78 Å². The molecule has 2 aromatic rings. The molecule has 0 aliphatic carbocycles. The largest absolute Gasteiger partial charge is 0.493 e. The molecule has 6 heteroatoms. The van der Waals surface area contributed by atoms with Crippen LogP contribution in [-0.2, 0) is 6.42 Å². The first-order valence-electron chi connectivity index (χ1n) is 7.98. The minimum absolute atomic E-state index is 0.0196. The first-order chi connectivity index (χ1) is 12.0. The number of amides is 1. The number of ether oxygens (including phenoxy) is 2. The van der Waals surface area contributed by atoms with Crippen molar-refractivity contribution >= 4 is 5.91 Å². The molecule has 134 valence electrons. The molecule has 0 bridgehead atoms. The molecule has 0 saturated heterocycles. The van der Waals surface area contributed by atoms with E-state index in [9.17, 15) is 13.6 Å². The number of para-hydroxylation sites is 1. The number of carbonyl (C=O) groups is 1. The van der Waals surface area contributed by atoms with Crippen molar-refractivity contribution in [3.63, 3.8) is 0 Å². The fourth-order valence-corrected chi connectivity index (χ4v) is 2.47. The van der Waals surface area contributed by atoms with Crippen LogP contribution in [0.5, 0.6) is 11.5 Å². The van der Waals surface area contributed by atoms with Crippen molar-refractivity contribution in [1.29, 1.82) is 0 Å². The van der Waals surface area contributed by atoms with E-state index >= 15 is 0 Å². The van der Waals surface area contributed by atoms with Gasteiger partial charge in [-0.15, -0.1) is 0 Å². The number of methoxy groups -OCH3 is 1. The van der Waals surface area contributed by atoms with E-state index in [-0.39, 0.29) is 23.1 Å². The summed E-state index contributed by atoms with van der Waals surface area (Å²) in [6, 6.07) is 14.2. The summed E-state index contributed by atoms with van der Waals surface area (Å²) in [5.41, 5.74) is 1.19. The van der Waals surface area contributed by atoms with Gasteiger partial charge in [0, 0.05) is 6.04 Å². The number of aryl methyl sites for hydroxylation is 1. The Morgan fingerprint density at radius 3 is 2.48 bits per heavy atom. The molecule has 0 radical (unpaired) electrons. The van der Waals surface area contributed by atoms with Crippen molar-refractivity contribution < 1.29 is 23.0 Å². The third kappa shape index (κ3) is 5.45. The van der Waals surface area contributed by atoms with Gasteiger partial charge in [0.15, 0.2) is 11.5 Å². The number of hydrogen-bond acceptors (Lipinski definition) is 3. The standard InChI is InChI=1S/C19H21F2NO3/c1-13(11-12-14-7-4-3-5-8-14)22-18(23)15-9-6-10-16(24-2)17(15)25-19(20)21/h3-10,13,19H,11-12H2,1-2H3,(H,22,23). The monoisotopic (exact) mass is 349 g/mol. The lowest BCUT2D eigenvalue weighted by molar-refractivity contribution is -0.0515. The highest BCUT2D eigenvalue weighted by molar-refractivity contribution is 5.98. The zero-order valence-electron chi connectivity index (χ0n) is 14.2. The summed E-state index contributed by atoms with van der Waals surface area (Å²) in [6.45, 7) is -1.17. The Labute approximate surface area is 145 Å². The van der Waals surface area contributed by atoms with E-state index in [0.29, 0.717) is 0 Å². The molecule has 0 spiro atoms. The summed E-state index contributed by atoms with van der Waals surface area (Å²) in [6.07, 6.45) is 1.53. The molecule has 0 saturated carbocycles. The second-order valence-corrected chi connectivity index (χ2v) is 5.61. The van der Waals surface area contributed by atoms with Gasteiger partial charge in [-0.3, -0.25) is 4.79 Å². The molecule has 0 heterocycles. The number of hydrogen-bond donors (Lipinski definition) is 1. The quantitative estimate of drug-likeness (QED) is 0.782. The van der Waals surface area contributed by atoms with Crippen molar-refractivity contribution in [3.05, 3.63) is 59.7 Å². The lowest BCUT2D eigenvalue weighted by atomic mass is 10.1. The zero-order valence-corrected chi connectivity index (χ0v) is 14.2. The van der Waals surface area contributed by atoms with Crippen LogP contribution in [0.4, 0.5) is 8.78 Å². The minimum atomic E-state index is -3.04. The zero-order chi connectivity index (χ0) is 18.2. The summed E-state index contributed by atoms with van der Waals surface area (Å²) >= 11 is 0. The topological polar surface area (TPSA) is 47.6 Å². The summed E-state index contributed by atoms with van der Waals surface area (Å²) in [4.78, 5) is 12.4. The maximum atomic E-state index is 12.6. The number of benzene rings is 2. The molecular weight excluding hydrogens is 328 g/mol. The summed E-state index contributed by atoms with van der Waals surface area (Å²) in [5.74, 6) is -0.646.